The van der Waals surface area contributed by atoms with Gasteiger partial charge in [-0.1, -0.05) is 13.8 Å². The molecule has 25 heavy (non-hydrogen) atoms. The van der Waals surface area contributed by atoms with Gasteiger partial charge < -0.3 is 21.1 Å². The van der Waals surface area contributed by atoms with Gasteiger partial charge in [0, 0.05) is 31.2 Å². The topological polar surface area (TPSA) is 95.7 Å². The van der Waals surface area contributed by atoms with Crippen LogP contribution < -0.4 is 11.1 Å². The molecule has 1 aliphatic rings. The van der Waals surface area contributed by atoms with E-state index in [1.807, 2.05) is 18.7 Å². The molecule has 6 nitrogen and oxygen atoms in total. The van der Waals surface area contributed by atoms with Crippen molar-refractivity contribution in [2.45, 2.75) is 39.5 Å². The Morgan fingerprint density at radius 2 is 1.76 bits per heavy atom. The molecular formula is C19H29N3O3. The molecule has 2 rings (SSSR count). The van der Waals surface area contributed by atoms with Crippen LogP contribution in [0.3, 0.4) is 0 Å². The number of benzene rings is 1. The maximum atomic E-state index is 12.8. The van der Waals surface area contributed by atoms with Crippen LogP contribution in [0, 0.1) is 11.3 Å². The lowest BCUT2D eigenvalue weighted by atomic mass is 9.80. The highest BCUT2D eigenvalue weighted by atomic mass is 16.3. The summed E-state index contributed by atoms with van der Waals surface area (Å²) in [4.78, 5) is 27.1. The molecule has 1 saturated heterocycles. The number of nitrogens with two attached hydrogens (primary N) is 1. The number of hydrogen-bond acceptors (Lipinski definition) is 4. The van der Waals surface area contributed by atoms with Gasteiger partial charge in [0.15, 0.2) is 0 Å². The van der Waals surface area contributed by atoms with Crippen LogP contribution in [0.4, 0.5) is 5.69 Å². The van der Waals surface area contributed by atoms with E-state index in [0.717, 1.165) is 12.8 Å². The first-order valence-electron chi connectivity index (χ1n) is 9.05. The fourth-order valence-electron chi connectivity index (χ4n) is 3.40. The van der Waals surface area contributed by atoms with Gasteiger partial charge in [-0.25, -0.2) is 0 Å². The third-order valence-electron chi connectivity index (χ3n) is 5.49. The summed E-state index contributed by atoms with van der Waals surface area (Å²) in [6, 6.07) is 6.42. The maximum absolute atomic E-state index is 12.8. The minimum absolute atomic E-state index is 0.0335. The highest BCUT2D eigenvalue weighted by molar-refractivity contribution is 5.93. The summed E-state index contributed by atoms with van der Waals surface area (Å²) >= 11 is 0. The Bertz CT molecular complexity index is 580. The molecule has 0 spiro atoms. The molecule has 0 bridgehead atoms. The number of hydrogen-bond donors (Lipinski definition) is 3. The van der Waals surface area contributed by atoms with Gasteiger partial charge in [0.2, 0.25) is 11.8 Å². The summed E-state index contributed by atoms with van der Waals surface area (Å²) in [7, 11) is 0. The fourth-order valence-corrected chi connectivity index (χ4v) is 3.40. The SMILES string of the molecule is CCC(CC)(CN)C(=O)N1CCC(C(=O)Nc2ccc(O)cc2)CC1. The Morgan fingerprint density at radius 3 is 2.24 bits per heavy atom. The van der Waals surface area contributed by atoms with E-state index in [0.29, 0.717) is 38.2 Å². The number of rotatable bonds is 6. The van der Waals surface area contributed by atoms with Gasteiger partial charge in [-0.05, 0) is 49.9 Å². The van der Waals surface area contributed by atoms with Crippen molar-refractivity contribution in [3.8, 4) is 5.75 Å². The number of phenols is 1. The van der Waals surface area contributed by atoms with Gasteiger partial charge in [0.1, 0.15) is 5.75 Å². The van der Waals surface area contributed by atoms with E-state index in [2.05, 4.69) is 5.32 Å². The number of carbonyl (C=O) groups excluding carboxylic acids is 2. The van der Waals surface area contributed by atoms with E-state index in [-0.39, 0.29) is 23.5 Å². The van der Waals surface area contributed by atoms with Gasteiger partial charge in [-0.3, -0.25) is 9.59 Å². The smallest absolute Gasteiger partial charge is 0.230 e. The van der Waals surface area contributed by atoms with Crippen molar-refractivity contribution in [1.82, 2.24) is 4.90 Å². The lowest BCUT2D eigenvalue weighted by Gasteiger charge is -2.38. The predicted molar refractivity (Wildman–Crippen MR) is 98.1 cm³/mol. The maximum Gasteiger partial charge on any atom is 0.230 e. The van der Waals surface area contributed by atoms with Crippen LogP contribution in [-0.2, 0) is 9.59 Å². The third kappa shape index (κ3) is 4.31. The zero-order valence-corrected chi connectivity index (χ0v) is 15.1. The van der Waals surface area contributed by atoms with Crippen LogP contribution in [0.1, 0.15) is 39.5 Å². The molecule has 0 radical (unpaired) electrons. The van der Waals surface area contributed by atoms with E-state index in [1.54, 1.807) is 24.3 Å². The zero-order valence-electron chi connectivity index (χ0n) is 15.1. The summed E-state index contributed by atoms with van der Waals surface area (Å²) in [6.07, 6.45) is 2.79. The molecule has 1 aliphatic heterocycles. The highest BCUT2D eigenvalue weighted by Gasteiger charge is 2.38. The molecule has 0 unspecified atom stereocenters. The number of nitrogens with one attached hydrogen (secondary N) is 1. The van der Waals surface area contributed by atoms with Crippen molar-refractivity contribution in [2.75, 3.05) is 25.0 Å². The first-order valence-corrected chi connectivity index (χ1v) is 9.05. The quantitative estimate of drug-likeness (QED) is 0.688. The molecule has 1 aromatic carbocycles. The van der Waals surface area contributed by atoms with Gasteiger partial charge in [-0.2, -0.15) is 0 Å². The molecule has 2 amide bonds. The van der Waals surface area contributed by atoms with Gasteiger partial charge in [-0.15, -0.1) is 0 Å². The molecule has 0 atom stereocenters. The second-order valence-electron chi connectivity index (χ2n) is 6.79. The summed E-state index contributed by atoms with van der Waals surface area (Å²) in [5, 5.41) is 12.2. The molecule has 0 aromatic heterocycles. The highest BCUT2D eigenvalue weighted by Crippen LogP contribution is 2.30. The number of phenolic OH excluding ortho intramolecular Hbond substituents is 1. The van der Waals surface area contributed by atoms with Crippen LogP contribution in [-0.4, -0.2) is 41.5 Å². The Balaban J connectivity index is 1.91. The van der Waals surface area contributed by atoms with Crippen LogP contribution in [0.2, 0.25) is 0 Å². The summed E-state index contributed by atoms with van der Waals surface area (Å²) in [6.45, 7) is 5.56. The lowest BCUT2D eigenvalue weighted by Crippen LogP contribution is -2.50. The van der Waals surface area contributed by atoms with E-state index in [4.69, 9.17) is 5.73 Å². The van der Waals surface area contributed by atoms with Crippen molar-refractivity contribution < 1.29 is 14.7 Å². The number of anilines is 1. The molecular weight excluding hydrogens is 318 g/mol. The van der Waals surface area contributed by atoms with Crippen molar-refractivity contribution in [3.05, 3.63) is 24.3 Å². The number of aromatic hydroxyl groups is 1. The number of carbonyl (C=O) groups is 2. The number of likely N-dealkylation sites (tertiary alicyclic amines) is 1. The fraction of sp³-hybridized carbons (Fsp3) is 0.579. The third-order valence-corrected chi connectivity index (χ3v) is 5.49. The van der Waals surface area contributed by atoms with Crippen LogP contribution in [0.25, 0.3) is 0 Å². The summed E-state index contributed by atoms with van der Waals surface area (Å²) < 4.78 is 0. The van der Waals surface area contributed by atoms with Crippen LogP contribution >= 0.6 is 0 Å². The second-order valence-corrected chi connectivity index (χ2v) is 6.79. The van der Waals surface area contributed by atoms with Gasteiger partial charge in [0.05, 0.1) is 5.41 Å². The normalized spacial score (nSPS) is 15.9. The predicted octanol–water partition coefficient (Wildman–Crippen LogP) is 2.33. The lowest BCUT2D eigenvalue weighted by molar-refractivity contribution is -0.144. The minimum atomic E-state index is -0.471. The Kier molecular flexibility index (Phi) is 6.42. The second kappa shape index (κ2) is 8.34. The first kappa shape index (κ1) is 19.2. The molecule has 1 heterocycles. The van der Waals surface area contributed by atoms with E-state index >= 15 is 0 Å². The Labute approximate surface area is 149 Å². The molecule has 1 aromatic rings. The van der Waals surface area contributed by atoms with Gasteiger partial charge >= 0.3 is 0 Å². The standard InChI is InChI=1S/C19H29N3O3/c1-3-19(4-2,13-20)18(25)22-11-9-14(10-12-22)17(24)21-15-5-7-16(23)8-6-15/h5-8,14,23H,3-4,9-13,20H2,1-2H3,(H,21,24). The molecule has 6 heteroatoms. The van der Waals surface area contributed by atoms with Crippen molar-refractivity contribution >= 4 is 17.5 Å². The summed E-state index contributed by atoms with van der Waals surface area (Å²) in [5.74, 6) is 0.152. The molecule has 4 N–H and O–H groups in total. The van der Waals surface area contributed by atoms with E-state index < -0.39 is 5.41 Å². The summed E-state index contributed by atoms with van der Waals surface area (Å²) in [5.41, 5.74) is 6.07. The average molecular weight is 347 g/mol. The van der Waals surface area contributed by atoms with Crippen molar-refractivity contribution in [2.24, 2.45) is 17.1 Å². The number of piperidine rings is 1. The van der Waals surface area contributed by atoms with Crippen LogP contribution in [0.15, 0.2) is 24.3 Å². The molecule has 138 valence electrons. The average Bonchev–Trinajstić information content (AvgIpc) is 2.65. The van der Waals surface area contributed by atoms with Gasteiger partial charge in [0.25, 0.3) is 0 Å². The van der Waals surface area contributed by atoms with Crippen molar-refractivity contribution in [1.29, 1.82) is 0 Å². The number of nitrogens with zero attached hydrogens (tertiary/aromatic N) is 1. The zero-order chi connectivity index (χ0) is 18.4. The molecule has 0 aliphatic carbocycles. The van der Waals surface area contributed by atoms with Crippen LogP contribution in [0.5, 0.6) is 5.75 Å². The van der Waals surface area contributed by atoms with Crippen molar-refractivity contribution in [3.63, 3.8) is 0 Å². The molecule has 1 fully saturated rings. The number of amides is 2. The molecule has 0 saturated carbocycles. The van der Waals surface area contributed by atoms with E-state index in [9.17, 15) is 14.7 Å². The Hall–Kier alpha value is -2.08. The minimum Gasteiger partial charge on any atom is -0.508 e. The largest absolute Gasteiger partial charge is 0.508 e. The van der Waals surface area contributed by atoms with E-state index in [1.165, 1.54) is 0 Å². The first-order chi connectivity index (χ1) is 12.0. The monoisotopic (exact) mass is 347 g/mol. The Morgan fingerprint density at radius 1 is 1.20 bits per heavy atom.